The van der Waals surface area contributed by atoms with Crippen LogP contribution in [0.25, 0.3) is 0 Å². The number of amides is 1. The third kappa shape index (κ3) is 7.05. The summed E-state index contributed by atoms with van der Waals surface area (Å²) >= 11 is 0. The number of ether oxygens (including phenoxy) is 2. The highest BCUT2D eigenvalue weighted by molar-refractivity contribution is 5.80. The van der Waals surface area contributed by atoms with E-state index >= 15 is 0 Å². The van der Waals surface area contributed by atoms with Crippen molar-refractivity contribution in [2.75, 3.05) is 13.2 Å². The second-order valence-corrected chi connectivity index (χ2v) is 8.13. The molecule has 1 aliphatic heterocycles. The maximum Gasteiger partial charge on any atom is 0.226 e. The highest BCUT2D eigenvalue weighted by Crippen LogP contribution is 2.21. The summed E-state index contributed by atoms with van der Waals surface area (Å²) in [5, 5.41) is 3.35. The lowest BCUT2D eigenvalue weighted by Crippen LogP contribution is -2.50. The number of hydrogen-bond acceptors (Lipinski definition) is 3. The predicted octanol–water partition coefficient (Wildman–Crippen LogP) is 4.73. The molecular weight excluding hydrogens is 386 g/mol. The molecule has 1 aliphatic rings. The minimum absolute atomic E-state index is 0.0447. The van der Waals surface area contributed by atoms with Gasteiger partial charge in [-0.25, -0.2) is 0 Å². The number of carbonyl (C=O) groups excluding carboxylic acids is 1. The zero-order chi connectivity index (χ0) is 21.9. The summed E-state index contributed by atoms with van der Waals surface area (Å²) in [6.07, 6.45) is 6.85. The summed E-state index contributed by atoms with van der Waals surface area (Å²) in [4.78, 5) is 13.6. The standard InChI is InChI=1S/C27H35NO3/c1-3-25-23(19-21-13-7-5-8-14-21)27(29)28-24(20-22-15-9-6-10-16-22)26(4-2)31-18-12-11-17-30-25/h5-16,23-26H,3-4,17-20H2,1-2H3,(H,28,29)/b12-11-/t23-,24-,25+,26+/m0/s1. The van der Waals surface area contributed by atoms with Gasteiger partial charge in [0.15, 0.2) is 0 Å². The van der Waals surface area contributed by atoms with E-state index in [-0.39, 0.29) is 30.1 Å². The molecule has 0 saturated carbocycles. The molecule has 1 N–H and O–H groups in total. The van der Waals surface area contributed by atoms with E-state index in [1.807, 2.05) is 48.6 Å². The molecule has 166 valence electrons. The molecule has 2 aromatic rings. The van der Waals surface area contributed by atoms with Gasteiger partial charge in [-0.2, -0.15) is 0 Å². The summed E-state index contributed by atoms with van der Waals surface area (Å²) in [6.45, 7) is 5.21. The fourth-order valence-electron chi connectivity index (χ4n) is 4.23. The van der Waals surface area contributed by atoms with Gasteiger partial charge >= 0.3 is 0 Å². The van der Waals surface area contributed by atoms with Crippen molar-refractivity contribution in [2.45, 2.75) is 57.8 Å². The maximum atomic E-state index is 13.6. The number of benzene rings is 2. The molecule has 0 fully saturated rings. The Kier molecular flexibility index (Phi) is 9.32. The molecule has 0 bridgehead atoms. The average Bonchev–Trinajstić information content (AvgIpc) is 2.80. The van der Waals surface area contributed by atoms with Crippen LogP contribution in [0.2, 0.25) is 0 Å². The van der Waals surface area contributed by atoms with Crippen molar-refractivity contribution < 1.29 is 14.3 Å². The van der Waals surface area contributed by atoms with Gasteiger partial charge in [0.1, 0.15) is 0 Å². The maximum absolute atomic E-state index is 13.6. The summed E-state index contributed by atoms with van der Waals surface area (Å²) in [5.74, 6) is -0.209. The van der Waals surface area contributed by atoms with Crippen molar-refractivity contribution in [1.82, 2.24) is 5.32 Å². The monoisotopic (exact) mass is 421 g/mol. The van der Waals surface area contributed by atoms with Gasteiger partial charge in [-0.05, 0) is 36.8 Å². The van der Waals surface area contributed by atoms with E-state index in [4.69, 9.17) is 9.47 Å². The smallest absolute Gasteiger partial charge is 0.226 e. The Balaban J connectivity index is 1.87. The lowest BCUT2D eigenvalue weighted by atomic mass is 9.90. The Morgan fingerprint density at radius 2 is 1.29 bits per heavy atom. The molecule has 3 rings (SSSR count). The van der Waals surface area contributed by atoms with Gasteiger partial charge in [-0.15, -0.1) is 0 Å². The van der Waals surface area contributed by atoms with Gasteiger partial charge in [0.25, 0.3) is 0 Å². The van der Waals surface area contributed by atoms with Gasteiger partial charge in [-0.1, -0.05) is 86.7 Å². The Morgan fingerprint density at radius 1 is 0.774 bits per heavy atom. The van der Waals surface area contributed by atoms with Gasteiger partial charge in [-0.3, -0.25) is 4.79 Å². The molecule has 0 spiro atoms. The third-order valence-electron chi connectivity index (χ3n) is 5.94. The summed E-state index contributed by atoms with van der Waals surface area (Å²) in [7, 11) is 0. The molecule has 0 aliphatic carbocycles. The zero-order valence-electron chi connectivity index (χ0n) is 18.7. The van der Waals surface area contributed by atoms with Crippen molar-refractivity contribution in [3.63, 3.8) is 0 Å². The molecule has 0 aromatic heterocycles. The first kappa shape index (κ1) is 23.2. The van der Waals surface area contributed by atoms with Crippen LogP contribution in [-0.4, -0.2) is 37.4 Å². The summed E-state index contributed by atoms with van der Waals surface area (Å²) in [5.41, 5.74) is 2.34. The third-order valence-corrected chi connectivity index (χ3v) is 5.94. The van der Waals surface area contributed by atoms with Crippen molar-refractivity contribution in [2.24, 2.45) is 5.92 Å². The van der Waals surface area contributed by atoms with Crippen LogP contribution in [0.15, 0.2) is 72.8 Å². The normalized spacial score (nSPS) is 26.3. The van der Waals surface area contributed by atoms with Gasteiger partial charge in [0.2, 0.25) is 5.91 Å². The van der Waals surface area contributed by atoms with Crippen molar-refractivity contribution in [3.05, 3.63) is 83.9 Å². The van der Waals surface area contributed by atoms with Crippen LogP contribution in [0.3, 0.4) is 0 Å². The lowest BCUT2D eigenvalue weighted by Gasteiger charge is -2.32. The Morgan fingerprint density at radius 3 is 1.84 bits per heavy atom. The molecule has 4 nitrogen and oxygen atoms in total. The van der Waals surface area contributed by atoms with E-state index in [2.05, 4.69) is 43.4 Å². The number of hydrogen-bond donors (Lipinski definition) is 1. The minimum Gasteiger partial charge on any atom is -0.373 e. The van der Waals surface area contributed by atoms with Crippen LogP contribution in [0.4, 0.5) is 0 Å². The predicted molar refractivity (Wildman–Crippen MR) is 125 cm³/mol. The number of nitrogens with one attached hydrogen (secondary N) is 1. The fraction of sp³-hybridized carbons (Fsp3) is 0.444. The molecular formula is C27H35NO3. The number of rotatable bonds is 6. The Bertz CT molecular complexity index is 806. The highest BCUT2D eigenvalue weighted by atomic mass is 16.5. The van der Waals surface area contributed by atoms with Crippen LogP contribution in [0.1, 0.15) is 37.8 Å². The largest absolute Gasteiger partial charge is 0.373 e. The first-order chi connectivity index (χ1) is 15.2. The first-order valence-corrected chi connectivity index (χ1v) is 11.5. The number of carbonyl (C=O) groups is 1. The molecule has 1 heterocycles. The molecule has 4 atom stereocenters. The molecule has 2 aromatic carbocycles. The topological polar surface area (TPSA) is 47.6 Å². The first-order valence-electron chi connectivity index (χ1n) is 11.5. The highest BCUT2D eigenvalue weighted by Gasteiger charge is 2.32. The van der Waals surface area contributed by atoms with Crippen molar-refractivity contribution >= 4 is 5.91 Å². The summed E-state index contributed by atoms with van der Waals surface area (Å²) in [6, 6.07) is 20.4. The van der Waals surface area contributed by atoms with Crippen LogP contribution in [0.5, 0.6) is 0 Å². The van der Waals surface area contributed by atoms with E-state index in [0.29, 0.717) is 19.6 Å². The van der Waals surface area contributed by atoms with Gasteiger partial charge in [0, 0.05) is 0 Å². The van der Waals surface area contributed by atoms with Crippen LogP contribution >= 0.6 is 0 Å². The molecule has 31 heavy (non-hydrogen) atoms. The van der Waals surface area contributed by atoms with E-state index in [1.54, 1.807) is 0 Å². The van der Waals surface area contributed by atoms with Crippen LogP contribution in [0, 0.1) is 5.92 Å². The van der Waals surface area contributed by atoms with E-state index in [0.717, 1.165) is 24.8 Å². The lowest BCUT2D eigenvalue weighted by molar-refractivity contribution is -0.132. The van der Waals surface area contributed by atoms with E-state index < -0.39 is 0 Å². The quantitative estimate of drug-likeness (QED) is 0.686. The van der Waals surface area contributed by atoms with E-state index in [1.165, 1.54) is 5.56 Å². The second-order valence-electron chi connectivity index (χ2n) is 8.13. The molecule has 0 radical (unpaired) electrons. The molecule has 1 amide bonds. The summed E-state index contributed by atoms with van der Waals surface area (Å²) < 4.78 is 12.3. The minimum atomic E-state index is -0.254. The fourth-order valence-corrected chi connectivity index (χ4v) is 4.23. The molecule has 0 saturated heterocycles. The molecule has 4 heteroatoms. The van der Waals surface area contributed by atoms with Crippen LogP contribution < -0.4 is 5.32 Å². The molecule has 0 unspecified atom stereocenters. The SMILES string of the molecule is CC[C@H]1OC/C=C\CO[C@H](CC)[C@H](Cc2ccccc2)C(=O)N[C@H]1Cc1ccccc1. The van der Waals surface area contributed by atoms with Crippen molar-refractivity contribution in [1.29, 1.82) is 0 Å². The Labute approximate surface area is 186 Å². The van der Waals surface area contributed by atoms with Crippen molar-refractivity contribution in [3.8, 4) is 0 Å². The average molecular weight is 422 g/mol. The second kappa shape index (κ2) is 12.4. The van der Waals surface area contributed by atoms with E-state index in [9.17, 15) is 4.79 Å². The Hall–Kier alpha value is -2.43. The van der Waals surface area contributed by atoms with Gasteiger partial charge < -0.3 is 14.8 Å². The van der Waals surface area contributed by atoms with Gasteiger partial charge in [0.05, 0.1) is 37.4 Å². The zero-order valence-corrected chi connectivity index (χ0v) is 18.7. The van der Waals surface area contributed by atoms with Crippen LogP contribution in [-0.2, 0) is 27.1 Å².